The summed E-state index contributed by atoms with van der Waals surface area (Å²) in [6.45, 7) is 3.16. The fraction of sp³-hybridized carbons (Fsp3) is 0.417. The maximum atomic E-state index is 12.5. The van der Waals surface area contributed by atoms with E-state index in [-0.39, 0.29) is 41.8 Å². The molecule has 4 rings (SSSR count). The van der Waals surface area contributed by atoms with Crippen LogP contribution >= 0.6 is 0 Å². The highest BCUT2D eigenvalue weighted by atomic mass is 32.2. The van der Waals surface area contributed by atoms with Crippen LogP contribution in [0.25, 0.3) is 0 Å². The number of amides is 1. The highest BCUT2D eigenvalue weighted by Crippen LogP contribution is 2.40. The molecule has 0 saturated carbocycles. The molecule has 2 aliphatic heterocycles. The van der Waals surface area contributed by atoms with Crippen molar-refractivity contribution in [2.24, 2.45) is 0 Å². The van der Waals surface area contributed by atoms with Gasteiger partial charge in [-0.1, -0.05) is 18.2 Å². The molecule has 2 heterocycles. The molecule has 1 fully saturated rings. The van der Waals surface area contributed by atoms with E-state index < -0.39 is 10.0 Å². The summed E-state index contributed by atoms with van der Waals surface area (Å²) < 4.78 is 43.8. The van der Waals surface area contributed by atoms with Gasteiger partial charge < -0.3 is 19.5 Å². The molecule has 0 aromatic heterocycles. The molecule has 2 aliphatic rings. The van der Waals surface area contributed by atoms with Crippen LogP contribution in [0.5, 0.6) is 11.5 Å². The summed E-state index contributed by atoms with van der Waals surface area (Å²) in [6.07, 6.45) is 1.49. The first-order valence-electron chi connectivity index (χ1n) is 11.1. The average Bonchev–Trinajstić information content (AvgIpc) is 3.31. The number of nitrogens with one attached hydrogen (secondary N) is 2. The largest absolute Gasteiger partial charge is 0.454 e. The van der Waals surface area contributed by atoms with E-state index in [1.165, 1.54) is 31.2 Å². The average molecular weight is 489 g/mol. The van der Waals surface area contributed by atoms with E-state index in [0.717, 1.165) is 18.4 Å². The molecule has 0 unspecified atom stereocenters. The van der Waals surface area contributed by atoms with Gasteiger partial charge in [0.05, 0.1) is 4.90 Å². The molecule has 0 spiro atoms. The van der Waals surface area contributed by atoms with Crippen molar-refractivity contribution in [3.8, 4) is 11.5 Å². The van der Waals surface area contributed by atoms with Gasteiger partial charge in [0, 0.05) is 43.7 Å². The van der Waals surface area contributed by atoms with Crippen LogP contribution in [0.4, 0.5) is 0 Å². The third-order valence-corrected chi connectivity index (χ3v) is 7.75. The van der Waals surface area contributed by atoms with Crippen molar-refractivity contribution in [3.05, 3.63) is 53.6 Å². The number of Topliss-reactive ketones (excluding diaryl/α,β-unsaturated/α-hetero) is 1. The first-order chi connectivity index (χ1) is 16.3. The van der Waals surface area contributed by atoms with Gasteiger partial charge in [0.2, 0.25) is 22.7 Å². The number of hydrogen-bond acceptors (Lipinski definition) is 7. The van der Waals surface area contributed by atoms with Gasteiger partial charge in [0.25, 0.3) is 0 Å². The number of ketones is 1. The Bertz CT molecular complexity index is 1160. The summed E-state index contributed by atoms with van der Waals surface area (Å²) in [5, 5.41) is 2.97. The van der Waals surface area contributed by atoms with Crippen LogP contribution in [0.1, 0.15) is 42.1 Å². The highest BCUT2D eigenvalue weighted by Gasteiger charge is 2.36. The number of fused-ring (bicyclic) bond motifs is 1. The minimum atomic E-state index is -3.78. The van der Waals surface area contributed by atoms with Crippen molar-refractivity contribution in [1.82, 2.24) is 10.0 Å². The Morgan fingerprint density at radius 1 is 1.00 bits per heavy atom. The van der Waals surface area contributed by atoms with Crippen LogP contribution in [-0.2, 0) is 25.0 Å². The molecule has 34 heavy (non-hydrogen) atoms. The van der Waals surface area contributed by atoms with Crippen LogP contribution in [0.15, 0.2) is 47.4 Å². The van der Waals surface area contributed by atoms with E-state index in [0.29, 0.717) is 36.8 Å². The SMILES string of the molecule is CC(=O)c1ccc(S(=O)(=O)NCCC(=O)NCC2(c3ccc4c(c3)OCO4)CCOCC2)cc1. The molecule has 0 atom stereocenters. The summed E-state index contributed by atoms with van der Waals surface area (Å²) in [5.41, 5.74) is 1.19. The topological polar surface area (TPSA) is 120 Å². The van der Waals surface area contributed by atoms with Gasteiger partial charge in [0.1, 0.15) is 0 Å². The lowest BCUT2D eigenvalue weighted by Gasteiger charge is -2.38. The van der Waals surface area contributed by atoms with Crippen LogP contribution in [0.3, 0.4) is 0 Å². The van der Waals surface area contributed by atoms with Crippen molar-refractivity contribution >= 4 is 21.7 Å². The lowest BCUT2D eigenvalue weighted by Crippen LogP contribution is -2.45. The summed E-state index contributed by atoms with van der Waals surface area (Å²) in [6, 6.07) is 11.5. The minimum Gasteiger partial charge on any atom is -0.454 e. The van der Waals surface area contributed by atoms with Crippen molar-refractivity contribution in [1.29, 1.82) is 0 Å². The number of benzene rings is 2. The van der Waals surface area contributed by atoms with E-state index in [1.54, 1.807) is 0 Å². The summed E-state index contributed by atoms with van der Waals surface area (Å²) in [4.78, 5) is 23.9. The van der Waals surface area contributed by atoms with Gasteiger partial charge in [-0.3, -0.25) is 9.59 Å². The van der Waals surface area contributed by atoms with Crippen LogP contribution < -0.4 is 19.5 Å². The zero-order valence-corrected chi connectivity index (χ0v) is 19.8. The third kappa shape index (κ3) is 5.40. The van der Waals surface area contributed by atoms with E-state index in [9.17, 15) is 18.0 Å². The number of sulfonamides is 1. The predicted molar refractivity (Wildman–Crippen MR) is 124 cm³/mol. The molecule has 0 radical (unpaired) electrons. The molecule has 182 valence electrons. The van der Waals surface area contributed by atoms with Crippen molar-refractivity contribution in [2.75, 3.05) is 33.1 Å². The summed E-state index contributed by atoms with van der Waals surface area (Å²) >= 11 is 0. The van der Waals surface area contributed by atoms with Gasteiger partial charge in [-0.2, -0.15) is 0 Å². The van der Waals surface area contributed by atoms with Crippen molar-refractivity contribution in [3.63, 3.8) is 0 Å². The highest BCUT2D eigenvalue weighted by molar-refractivity contribution is 7.89. The Hall–Kier alpha value is -2.95. The van der Waals surface area contributed by atoms with Gasteiger partial charge in [0.15, 0.2) is 17.3 Å². The molecular weight excluding hydrogens is 460 g/mol. The third-order valence-electron chi connectivity index (χ3n) is 6.27. The predicted octanol–water partition coefficient (Wildman–Crippen LogP) is 2.15. The molecule has 9 nitrogen and oxygen atoms in total. The summed E-state index contributed by atoms with van der Waals surface area (Å²) in [5.74, 6) is 1.01. The molecule has 0 bridgehead atoms. The van der Waals surface area contributed by atoms with Crippen LogP contribution in [-0.4, -0.2) is 53.2 Å². The van der Waals surface area contributed by atoms with Gasteiger partial charge in [-0.15, -0.1) is 0 Å². The van der Waals surface area contributed by atoms with E-state index in [1.807, 2.05) is 18.2 Å². The minimum absolute atomic E-state index is 0.00151. The Labute approximate surface area is 198 Å². The molecule has 2 aromatic rings. The molecule has 1 amide bonds. The Kier molecular flexibility index (Phi) is 7.20. The quantitative estimate of drug-likeness (QED) is 0.519. The second-order valence-electron chi connectivity index (χ2n) is 8.47. The van der Waals surface area contributed by atoms with Gasteiger partial charge in [-0.05, 0) is 49.6 Å². The Morgan fingerprint density at radius 2 is 1.71 bits per heavy atom. The lowest BCUT2D eigenvalue weighted by atomic mass is 9.74. The number of ether oxygens (including phenoxy) is 3. The number of rotatable bonds is 9. The van der Waals surface area contributed by atoms with Crippen molar-refractivity contribution < 1.29 is 32.2 Å². The Morgan fingerprint density at radius 3 is 2.41 bits per heavy atom. The van der Waals surface area contributed by atoms with Crippen LogP contribution in [0.2, 0.25) is 0 Å². The van der Waals surface area contributed by atoms with E-state index in [4.69, 9.17) is 14.2 Å². The van der Waals surface area contributed by atoms with Crippen molar-refractivity contribution in [2.45, 2.75) is 36.5 Å². The molecule has 2 aromatic carbocycles. The van der Waals surface area contributed by atoms with Crippen LogP contribution in [0, 0.1) is 0 Å². The van der Waals surface area contributed by atoms with Gasteiger partial charge in [-0.25, -0.2) is 13.1 Å². The summed E-state index contributed by atoms with van der Waals surface area (Å²) in [7, 11) is -3.78. The molecule has 0 aliphatic carbocycles. The number of carbonyl (C=O) groups excluding carboxylic acids is 2. The fourth-order valence-corrected chi connectivity index (χ4v) is 5.20. The second kappa shape index (κ2) is 10.1. The normalized spacial score (nSPS) is 16.7. The smallest absolute Gasteiger partial charge is 0.240 e. The molecule has 1 saturated heterocycles. The second-order valence-corrected chi connectivity index (χ2v) is 10.2. The monoisotopic (exact) mass is 488 g/mol. The molecular formula is C24H28N2O7S. The first-order valence-corrected chi connectivity index (χ1v) is 12.6. The maximum Gasteiger partial charge on any atom is 0.240 e. The zero-order valence-electron chi connectivity index (χ0n) is 19.0. The van der Waals surface area contributed by atoms with E-state index in [2.05, 4.69) is 10.0 Å². The maximum absolute atomic E-state index is 12.5. The fourth-order valence-electron chi connectivity index (χ4n) is 4.16. The molecule has 2 N–H and O–H groups in total. The Balaban J connectivity index is 1.33. The first kappa shape index (κ1) is 24.2. The number of carbonyl (C=O) groups is 2. The standard InChI is InChI=1S/C24H28N2O7S/c1-17(27)18-2-5-20(6-3-18)34(29,30)26-11-8-23(28)25-15-24(9-12-31-13-10-24)19-4-7-21-22(14-19)33-16-32-21/h2-7,14,26H,8-13,15-16H2,1H3,(H,25,28). The van der Waals surface area contributed by atoms with E-state index >= 15 is 0 Å². The zero-order chi connectivity index (χ0) is 24.2. The number of hydrogen-bond donors (Lipinski definition) is 2. The molecule has 10 heteroatoms. The van der Waals surface area contributed by atoms with Gasteiger partial charge >= 0.3 is 0 Å². The lowest BCUT2D eigenvalue weighted by molar-refractivity contribution is -0.121.